The Balaban J connectivity index is 0.870. The highest BCUT2D eigenvalue weighted by atomic mass is 17.3. The number of rotatable bonds is 9. The Morgan fingerprint density at radius 3 is 2.41 bits per heavy atom. The van der Waals surface area contributed by atoms with Crippen LogP contribution in [0.1, 0.15) is 125 Å². The molecule has 2 bridgehead atoms. The second kappa shape index (κ2) is 13.4. The molecule has 0 aromatic rings. The van der Waals surface area contributed by atoms with Crippen LogP contribution in [0.5, 0.6) is 0 Å². The zero-order valence-electron chi connectivity index (χ0n) is 32.0. The molecular formula is C41H66O10. The van der Waals surface area contributed by atoms with Gasteiger partial charge in [-0.15, -0.1) is 0 Å². The molecule has 10 nitrogen and oxygen atoms in total. The molecule has 4 heterocycles. The molecule has 1 spiro atoms. The highest BCUT2D eigenvalue weighted by molar-refractivity contribution is 5.66. The molecule has 5 saturated carbocycles. The van der Waals surface area contributed by atoms with Crippen molar-refractivity contribution in [2.24, 2.45) is 70.0 Å². The molecule has 4 saturated heterocycles. The number of aliphatic carboxylic acids is 1. The van der Waals surface area contributed by atoms with Crippen molar-refractivity contribution in [3.63, 3.8) is 0 Å². The molecule has 19 atom stereocenters. The van der Waals surface area contributed by atoms with E-state index in [9.17, 15) is 20.1 Å². The first-order valence-electron chi connectivity index (χ1n) is 20.7. The maximum atomic E-state index is 11.9. The van der Waals surface area contributed by atoms with Gasteiger partial charge >= 0.3 is 5.97 Å². The molecule has 10 heteroatoms. The Bertz CT molecular complexity index is 1300. The first kappa shape index (κ1) is 37.1. The lowest BCUT2D eigenvalue weighted by Crippen LogP contribution is -2.70. The van der Waals surface area contributed by atoms with E-state index in [0.29, 0.717) is 37.4 Å². The fraction of sp³-hybridized carbons (Fsp3) is 0.976. The van der Waals surface area contributed by atoms with Gasteiger partial charge in [0.15, 0.2) is 18.2 Å². The molecule has 290 valence electrons. The van der Waals surface area contributed by atoms with Crippen LogP contribution in [0.25, 0.3) is 0 Å². The van der Waals surface area contributed by atoms with Gasteiger partial charge in [0.05, 0.1) is 31.5 Å². The van der Waals surface area contributed by atoms with Crippen LogP contribution >= 0.6 is 0 Å². The largest absolute Gasteiger partial charge is 0.481 e. The van der Waals surface area contributed by atoms with Gasteiger partial charge in [0.2, 0.25) is 5.79 Å². The van der Waals surface area contributed by atoms with Gasteiger partial charge in [-0.2, -0.15) is 0 Å². The lowest BCUT2D eigenvalue weighted by Gasteiger charge is -2.63. The summed E-state index contributed by atoms with van der Waals surface area (Å²) in [5, 5.41) is 33.1. The molecule has 0 radical (unpaired) electrons. The third-order valence-corrected chi connectivity index (χ3v) is 17.1. The zero-order valence-corrected chi connectivity index (χ0v) is 32.0. The van der Waals surface area contributed by atoms with E-state index in [4.69, 9.17) is 28.7 Å². The minimum atomic E-state index is -0.801. The minimum absolute atomic E-state index is 0.0623. The Morgan fingerprint density at radius 1 is 0.863 bits per heavy atom. The number of ether oxygens (including phenoxy) is 4. The molecule has 9 unspecified atom stereocenters. The lowest BCUT2D eigenvalue weighted by molar-refractivity contribution is -0.577. The summed E-state index contributed by atoms with van der Waals surface area (Å²) in [7, 11) is 0. The van der Waals surface area contributed by atoms with E-state index in [1.54, 1.807) is 0 Å². The molecule has 0 aromatic heterocycles. The summed E-state index contributed by atoms with van der Waals surface area (Å²) in [4.78, 5) is 23.6. The van der Waals surface area contributed by atoms with Crippen LogP contribution in [0.15, 0.2) is 0 Å². The summed E-state index contributed by atoms with van der Waals surface area (Å²) < 4.78 is 26.1. The lowest BCUT2D eigenvalue weighted by atomic mass is 9.43. The number of carboxylic acid groups (broad SMARTS) is 1. The number of fused-ring (bicyclic) bond motifs is 7. The predicted octanol–water partition coefficient (Wildman–Crippen LogP) is 6.70. The maximum Gasteiger partial charge on any atom is 0.303 e. The van der Waals surface area contributed by atoms with Crippen molar-refractivity contribution in [2.75, 3.05) is 13.2 Å². The molecule has 4 aliphatic heterocycles. The van der Waals surface area contributed by atoms with Gasteiger partial charge in [-0.3, -0.25) is 4.79 Å². The fourth-order valence-electron chi connectivity index (χ4n) is 14.3. The van der Waals surface area contributed by atoms with E-state index in [-0.39, 0.29) is 70.9 Å². The standard InChI is InChI=1S/C41H66O10/c1-22(8-12-34(44)45)27-10-11-30-35-31(21-33(43)40(27,30)6)38(4)15-13-26(19-25(38)20-32(35)42)46-17-18-47-36-24(3)29-9-7-23(2)28-14-16-39(5)49-37(48-36)41(28,29)51-50-39/h22-33,35-37,42-43H,7-21H2,1-6H3,(H,44,45)/t22-,23-,24-,25?,26-,27-,28?,29?,30?,31?,32-,33+,35?,36?,37?,38+,39?,40-,41-/m1/s1. The van der Waals surface area contributed by atoms with Gasteiger partial charge in [-0.1, -0.05) is 34.6 Å². The van der Waals surface area contributed by atoms with Gasteiger partial charge in [0.25, 0.3) is 0 Å². The van der Waals surface area contributed by atoms with Crippen molar-refractivity contribution in [3.05, 3.63) is 0 Å². The molecule has 3 N–H and O–H groups in total. The Hall–Kier alpha value is -0.850. The molecule has 9 rings (SSSR count). The Morgan fingerprint density at radius 2 is 1.63 bits per heavy atom. The van der Waals surface area contributed by atoms with Crippen molar-refractivity contribution in [2.45, 2.75) is 167 Å². The predicted molar refractivity (Wildman–Crippen MR) is 187 cm³/mol. The number of carboxylic acids is 1. The first-order chi connectivity index (χ1) is 24.2. The summed E-state index contributed by atoms with van der Waals surface area (Å²) in [6.07, 6.45) is 9.71. The van der Waals surface area contributed by atoms with Crippen molar-refractivity contribution in [3.8, 4) is 0 Å². The van der Waals surface area contributed by atoms with Crippen LogP contribution in [-0.4, -0.2) is 76.8 Å². The van der Waals surface area contributed by atoms with Crippen LogP contribution in [0.2, 0.25) is 0 Å². The van der Waals surface area contributed by atoms with Crippen molar-refractivity contribution >= 4 is 5.97 Å². The smallest absolute Gasteiger partial charge is 0.303 e. The normalized spacial score (nSPS) is 55.1. The zero-order chi connectivity index (χ0) is 36.1. The summed E-state index contributed by atoms with van der Waals surface area (Å²) in [5.41, 5.74) is -0.803. The second-order valence-corrected chi connectivity index (χ2v) is 19.4. The molecule has 5 aliphatic carbocycles. The van der Waals surface area contributed by atoms with Crippen molar-refractivity contribution in [1.29, 1.82) is 0 Å². The quantitative estimate of drug-likeness (QED) is 0.175. The van der Waals surface area contributed by atoms with E-state index in [1.807, 2.05) is 6.92 Å². The first-order valence-corrected chi connectivity index (χ1v) is 20.7. The summed E-state index contributed by atoms with van der Waals surface area (Å²) in [6.45, 7) is 14.3. The molecule has 9 aliphatic rings. The van der Waals surface area contributed by atoms with Crippen LogP contribution in [0.3, 0.4) is 0 Å². The molecule has 51 heavy (non-hydrogen) atoms. The topological polar surface area (TPSA) is 133 Å². The highest BCUT2D eigenvalue weighted by Crippen LogP contribution is 2.68. The van der Waals surface area contributed by atoms with Crippen LogP contribution in [0, 0.1) is 70.0 Å². The summed E-state index contributed by atoms with van der Waals surface area (Å²) in [6, 6.07) is 0. The number of aliphatic hydroxyl groups excluding tert-OH is 2. The van der Waals surface area contributed by atoms with Gasteiger partial charge in [0.1, 0.15) is 0 Å². The van der Waals surface area contributed by atoms with Crippen molar-refractivity contribution < 1.29 is 48.8 Å². The van der Waals surface area contributed by atoms with Crippen LogP contribution in [0.4, 0.5) is 0 Å². The average molecular weight is 719 g/mol. The van der Waals surface area contributed by atoms with E-state index < -0.39 is 36.0 Å². The number of hydrogen-bond acceptors (Lipinski definition) is 9. The highest BCUT2D eigenvalue weighted by Gasteiger charge is 2.70. The van der Waals surface area contributed by atoms with Gasteiger partial charge in [0, 0.05) is 24.7 Å². The molecule has 0 amide bonds. The fourth-order valence-corrected chi connectivity index (χ4v) is 14.3. The maximum absolute atomic E-state index is 11.9. The van der Waals surface area contributed by atoms with Gasteiger partial charge < -0.3 is 34.3 Å². The third kappa shape index (κ3) is 5.81. The van der Waals surface area contributed by atoms with Crippen LogP contribution in [-0.2, 0) is 33.5 Å². The van der Waals surface area contributed by atoms with Crippen molar-refractivity contribution in [1.82, 2.24) is 0 Å². The average Bonchev–Trinajstić information content (AvgIpc) is 3.29. The molecule has 0 aromatic carbocycles. The number of hydrogen-bond donors (Lipinski definition) is 3. The second-order valence-electron chi connectivity index (χ2n) is 19.4. The third-order valence-electron chi connectivity index (χ3n) is 17.1. The van der Waals surface area contributed by atoms with E-state index in [1.165, 1.54) is 0 Å². The van der Waals surface area contributed by atoms with E-state index >= 15 is 0 Å². The summed E-state index contributed by atoms with van der Waals surface area (Å²) in [5.74, 6) is 1.28. The Kier molecular flexibility index (Phi) is 9.76. The minimum Gasteiger partial charge on any atom is -0.481 e. The Labute approximate surface area is 304 Å². The number of carbonyl (C=O) groups is 1. The molecular weight excluding hydrogens is 652 g/mol. The van der Waals surface area contributed by atoms with Gasteiger partial charge in [-0.25, -0.2) is 9.78 Å². The van der Waals surface area contributed by atoms with Crippen LogP contribution < -0.4 is 0 Å². The van der Waals surface area contributed by atoms with Gasteiger partial charge in [-0.05, 0) is 136 Å². The van der Waals surface area contributed by atoms with E-state index in [2.05, 4.69) is 34.6 Å². The summed E-state index contributed by atoms with van der Waals surface area (Å²) >= 11 is 0. The monoisotopic (exact) mass is 718 g/mol. The van der Waals surface area contributed by atoms with E-state index in [0.717, 1.165) is 70.6 Å². The number of aliphatic hydroxyl groups is 2. The SMILES string of the molecule is C[C@H]1C(OCCO[C@@H]2CC[C@@]3(C)C(C2)C[C@@H](O)C2C3C[C@H](O)[C@@]3(C)C2CC[C@@H]3[C@H](C)CCC(=O)O)OC2OC3(C)CCC4[C@H](C)CCC1[C@@]24OO3. The molecule has 9 fully saturated rings.